The molecule has 10 heteroatoms. The molecule has 2 aromatic heterocycles. The van der Waals surface area contributed by atoms with Crippen LogP contribution in [0.15, 0.2) is 84.3 Å². The van der Waals surface area contributed by atoms with Crippen molar-refractivity contribution in [2.24, 2.45) is 0 Å². The number of aromatic amines is 1. The standard InChI is InChI=1S/C7H8O3S.C5H5N.C4H5N.CH4O3S/c1-6-2-4-7(5-3-6)11(8,9)10;1-2-4-6-5-3-1;1-2-4-5-3-1;1-5(2,3)4/h2-5H,1H3,(H,8,9,10);1-5H;1-5H;1H3,(H,2,3,4). The summed E-state index contributed by atoms with van der Waals surface area (Å²) in [6.07, 6.45) is 7.97. The van der Waals surface area contributed by atoms with Gasteiger partial charge in [0, 0.05) is 24.8 Å². The average molecular weight is 415 g/mol. The lowest BCUT2D eigenvalue weighted by Crippen LogP contribution is -1.96. The quantitative estimate of drug-likeness (QED) is 0.521. The van der Waals surface area contributed by atoms with Crippen LogP contribution < -0.4 is 0 Å². The third kappa shape index (κ3) is 18.1. The van der Waals surface area contributed by atoms with E-state index in [4.69, 9.17) is 9.11 Å². The number of aromatic nitrogens is 2. The highest BCUT2D eigenvalue weighted by atomic mass is 32.2. The first kappa shape index (κ1) is 24.5. The summed E-state index contributed by atoms with van der Waals surface area (Å²) in [7, 11) is -7.69. The molecule has 1 aromatic carbocycles. The number of rotatable bonds is 1. The van der Waals surface area contributed by atoms with E-state index in [0.29, 0.717) is 6.26 Å². The topological polar surface area (TPSA) is 137 Å². The van der Waals surface area contributed by atoms with Gasteiger partial charge < -0.3 is 4.98 Å². The summed E-state index contributed by atoms with van der Waals surface area (Å²) in [5.74, 6) is 0. The Morgan fingerprint density at radius 3 is 1.48 bits per heavy atom. The predicted molar refractivity (Wildman–Crippen MR) is 103 cm³/mol. The van der Waals surface area contributed by atoms with E-state index >= 15 is 0 Å². The highest BCUT2D eigenvalue weighted by Gasteiger charge is 2.06. The number of benzene rings is 1. The molecule has 3 rings (SSSR count). The van der Waals surface area contributed by atoms with Gasteiger partial charge in [0.05, 0.1) is 11.2 Å². The normalized spacial score (nSPS) is 10.1. The monoisotopic (exact) mass is 414 g/mol. The Hall–Kier alpha value is -2.53. The van der Waals surface area contributed by atoms with Gasteiger partial charge >= 0.3 is 0 Å². The zero-order valence-corrected chi connectivity index (χ0v) is 16.4. The summed E-state index contributed by atoms with van der Waals surface area (Å²) in [6.45, 7) is 1.84. The van der Waals surface area contributed by atoms with Crippen LogP contribution in [0.1, 0.15) is 5.56 Å². The van der Waals surface area contributed by atoms with E-state index in [1.807, 2.05) is 49.6 Å². The van der Waals surface area contributed by atoms with Gasteiger partial charge in [-0.1, -0.05) is 23.8 Å². The Morgan fingerprint density at radius 2 is 1.26 bits per heavy atom. The van der Waals surface area contributed by atoms with Crippen molar-refractivity contribution < 1.29 is 25.9 Å². The van der Waals surface area contributed by atoms with Gasteiger partial charge in [0.2, 0.25) is 0 Å². The van der Waals surface area contributed by atoms with Gasteiger partial charge in [-0.2, -0.15) is 16.8 Å². The van der Waals surface area contributed by atoms with Gasteiger partial charge in [-0.05, 0) is 43.3 Å². The summed E-state index contributed by atoms with van der Waals surface area (Å²) >= 11 is 0. The molecular weight excluding hydrogens is 392 g/mol. The van der Waals surface area contributed by atoms with Crippen LogP contribution in [-0.4, -0.2) is 42.2 Å². The van der Waals surface area contributed by atoms with E-state index in [-0.39, 0.29) is 4.90 Å². The summed E-state index contributed by atoms with van der Waals surface area (Å²) in [4.78, 5) is 6.58. The van der Waals surface area contributed by atoms with Crippen LogP contribution in [0.3, 0.4) is 0 Å². The minimum absolute atomic E-state index is 0.0666. The molecule has 0 atom stereocenters. The fourth-order valence-corrected chi connectivity index (χ4v) is 1.78. The first-order chi connectivity index (χ1) is 12.5. The van der Waals surface area contributed by atoms with Crippen LogP contribution in [0.4, 0.5) is 0 Å². The first-order valence-electron chi connectivity index (χ1n) is 7.39. The SMILES string of the molecule is CS(=O)(=O)O.Cc1ccc(S(=O)(=O)O)cc1.c1cc[nH]c1.c1ccncc1. The second kappa shape index (κ2) is 12.8. The largest absolute Gasteiger partial charge is 0.368 e. The molecule has 27 heavy (non-hydrogen) atoms. The van der Waals surface area contributed by atoms with Crippen molar-refractivity contribution in [3.63, 3.8) is 0 Å². The lowest BCUT2D eigenvalue weighted by Gasteiger charge is -1.95. The number of pyridine rings is 1. The predicted octanol–water partition coefficient (Wildman–Crippen LogP) is 2.84. The van der Waals surface area contributed by atoms with E-state index in [2.05, 4.69) is 9.97 Å². The first-order valence-corrected chi connectivity index (χ1v) is 10.7. The molecule has 0 fully saturated rings. The molecule has 0 unspecified atom stereocenters. The Balaban J connectivity index is 0.000000359. The van der Waals surface area contributed by atoms with Gasteiger partial charge in [0.25, 0.3) is 20.2 Å². The van der Waals surface area contributed by atoms with E-state index in [1.54, 1.807) is 24.5 Å². The minimum atomic E-state index is -4.02. The maximum atomic E-state index is 10.5. The number of H-pyrrole nitrogens is 1. The zero-order valence-electron chi connectivity index (χ0n) is 14.8. The van der Waals surface area contributed by atoms with E-state index < -0.39 is 20.2 Å². The van der Waals surface area contributed by atoms with Crippen molar-refractivity contribution in [2.45, 2.75) is 11.8 Å². The van der Waals surface area contributed by atoms with E-state index in [9.17, 15) is 16.8 Å². The molecule has 0 amide bonds. The maximum absolute atomic E-state index is 10.5. The molecule has 0 aliphatic carbocycles. The number of nitrogens with zero attached hydrogens (tertiary/aromatic N) is 1. The molecule has 0 bridgehead atoms. The lowest BCUT2D eigenvalue weighted by molar-refractivity contribution is 0.482. The van der Waals surface area contributed by atoms with Crippen molar-refractivity contribution in [2.75, 3.05) is 6.26 Å². The fraction of sp³-hybridized carbons (Fsp3) is 0.118. The molecule has 0 aliphatic heterocycles. The Labute approximate surface area is 159 Å². The van der Waals surface area contributed by atoms with Crippen LogP contribution in [0.25, 0.3) is 0 Å². The van der Waals surface area contributed by atoms with Crippen LogP contribution in [0.2, 0.25) is 0 Å². The van der Waals surface area contributed by atoms with Gasteiger partial charge in [-0.25, -0.2) is 0 Å². The van der Waals surface area contributed by atoms with Crippen molar-refractivity contribution >= 4 is 20.2 Å². The number of hydrogen-bond donors (Lipinski definition) is 3. The van der Waals surface area contributed by atoms with Crippen LogP contribution >= 0.6 is 0 Å². The molecule has 2 heterocycles. The molecular formula is C17H22N2O6S2. The highest BCUT2D eigenvalue weighted by Crippen LogP contribution is 2.08. The molecule has 3 aromatic rings. The van der Waals surface area contributed by atoms with Crippen molar-refractivity contribution in [3.05, 3.63) is 84.9 Å². The van der Waals surface area contributed by atoms with Crippen molar-refractivity contribution in [1.29, 1.82) is 0 Å². The van der Waals surface area contributed by atoms with E-state index in [1.165, 1.54) is 12.1 Å². The Morgan fingerprint density at radius 1 is 0.815 bits per heavy atom. The fourth-order valence-electron chi connectivity index (χ4n) is 1.30. The number of nitrogens with one attached hydrogen (secondary N) is 1. The van der Waals surface area contributed by atoms with Crippen LogP contribution in [-0.2, 0) is 20.2 Å². The summed E-state index contributed by atoms with van der Waals surface area (Å²) in [5, 5.41) is 0. The molecule has 0 aliphatic rings. The zero-order chi connectivity index (χ0) is 20.8. The second-order valence-electron chi connectivity index (χ2n) is 4.93. The molecule has 148 valence electrons. The summed E-state index contributed by atoms with van der Waals surface area (Å²) in [5.41, 5.74) is 0.956. The Kier molecular flexibility index (Phi) is 11.6. The minimum Gasteiger partial charge on any atom is -0.368 e. The molecule has 0 saturated carbocycles. The van der Waals surface area contributed by atoms with Crippen LogP contribution in [0, 0.1) is 6.92 Å². The van der Waals surface area contributed by atoms with Crippen molar-refractivity contribution in [3.8, 4) is 0 Å². The molecule has 0 spiro atoms. The lowest BCUT2D eigenvalue weighted by atomic mass is 10.2. The van der Waals surface area contributed by atoms with E-state index in [0.717, 1.165) is 5.56 Å². The van der Waals surface area contributed by atoms with Crippen LogP contribution in [0.5, 0.6) is 0 Å². The second-order valence-corrected chi connectivity index (χ2v) is 7.82. The smallest absolute Gasteiger partial charge is 0.294 e. The molecule has 0 saturated heterocycles. The number of aryl methyl sites for hydroxylation is 1. The highest BCUT2D eigenvalue weighted by molar-refractivity contribution is 7.85. The van der Waals surface area contributed by atoms with Crippen molar-refractivity contribution in [1.82, 2.24) is 9.97 Å². The van der Waals surface area contributed by atoms with Gasteiger partial charge in [-0.3, -0.25) is 14.1 Å². The third-order valence-corrected chi connectivity index (χ3v) is 3.25. The van der Waals surface area contributed by atoms with Gasteiger partial charge in [0.15, 0.2) is 0 Å². The van der Waals surface area contributed by atoms with Gasteiger partial charge in [0.1, 0.15) is 0 Å². The molecule has 0 radical (unpaired) electrons. The average Bonchev–Trinajstić information content (AvgIpc) is 3.15. The summed E-state index contributed by atoms with van der Waals surface area (Å²) in [6, 6.07) is 15.6. The molecule has 8 nitrogen and oxygen atoms in total. The van der Waals surface area contributed by atoms with Gasteiger partial charge in [-0.15, -0.1) is 0 Å². The Bertz CT molecular complexity index is 873. The maximum Gasteiger partial charge on any atom is 0.294 e. The summed E-state index contributed by atoms with van der Waals surface area (Å²) < 4.78 is 55.4. The number of hydrogen-bond acceptors (Lipinski definition) is 5. The molecule has 3 N–H and O–H groups in total. The third-order valence-electron chi connectivity index (χ3n) is 2.38.